The molecule has 78 valence electrons. The molecule has 5 nitrogen and oxygen atoms in total. The lowest BCUT2D eigenvalue weighted by Gasteiger charge is -2.20. The van der Waals surface area contributed by atoms with Crippen LogP contribution in [0.5, 0.6) is 0 Å². The van der Waals surface area contributed by atoms with Gasteiger partial charge < -0.3 is 0 Å². The molecule has 0 aromatic carbocycles. The van der Waals surface area contributed by atoms with Gasteiger partial charge in [-0.2, -0.15) is 9.40 Å². The number of rotatable bonds is 2. The van der Waals surface area contributed by atoms with Crippen LogP contribution in [0.2, 0.25) is 0 Å². The molecule has 1 aromatic heterocycles. The SMILES string of the molecule is CS(=O)(=O)N1CCC[C@@H]1c1ccn[nH]1. The van der Waals surface area contributed by atoms with Gasteiger partial charge in [-0.15, -0.1) is 0 Å². The van der Waals surface area contributed by atoms with Gasteiger partial charge in [0.25, 0.3) is 0 Å². The van der Waals surface area contributed by atoms with Crippen molar-refractivity contribution in [3.8, 4) is 0 Å². The van der Waals surface area contributed by atoms with Crippen molar-refractivity contribution in [3.05, 3.63) is 18.0 Å². The van der Waals surface area contributed by atoms with Crippen molar-refractivity contribution in [3.63, 3.8) is 0 Å². The Morgan fingerprint density at radius 2 is 2.43 bits per heavy atom. The molecule has 2 heterocycles. The lowest BCUT2D eigenvalue weighted by molar-refractivity contribution is 0.394. The molecule has 1 fully saturated rings. The van der Waals surface area contributed by atoms with Gasteiger partial charge in [0, 0.05) is 12.7 Å². The van der Waals surface area contributed by atoms with Crippen LogP contribution in [0.1, 0.15) is 24.6 Å². The van der Waals surface area contributed by atoms with Gasteiger partial charge in [-0.3, -0.25) is 5.10 Å². The van der Waals surface area contributed by atoms with E-state index in [0.717, 1.165) is 18.5 Å². The lowest BCUT2D eigenvalue weighted by Crippen LogP contribution is -2.29. The zero-order valence-corrected chi connectivity index (χ0v) is 8.79. The van der Waals surface area contributed by atoms with E-state index in [0.29, 0.717) is 6.54 Å². The zero-order valence-electron chi connectivity index (χ0n) is 7.97. The Morgan fingerprint density at radius 1 is 1.64 bits per heavy atom. The Balaban J connectivity index is 2.28. The normalized spacial score (nSPS) is 24.2. The molecule has 1 saturated heterocycles. The summed E-state index contributed by atoms with van der Waals surface area (Å²) >= 11 is 0. The molecule has 1 aromatic rings. The highest BCUT2D eigenvalue weighted by Crippen LogP contribution is 2.32. The third-order valence-electron chi connectivity index (χ3n) is 2.51. The van der Waals surface area contributed by atoms with Crippen LogP contribution in [0.3, 0.4) is 0 Å². The van der Waals surface area contributed by atoms with Crippen LogP contribution in [-0.2, 0) is 10.0 Å². The first-order valence-electron chi connectivity index (χ1n) is 4.55. The Kier molecular flexibility index (Phi) is 2.32. The minimum atomic E-state index is -3.09. The molecule has 1 N–H and O–H groups in total. The van der Waals surface area contributed by atoms with Crippen molar-refractivity contribution in [1.82, 2.24) is 14.5 Å². The summed E-state index contributed by atoms with van der Waals surface area (Å²) in [5, 5.41) is 6.66. The van der Waals surface area contributed by atoms with E-state index in [1.807, 2.05) is 6.07 Å². The molecule has 0 spiro atoms. The summed E-state index contributed by atoms with van der Waals surface area (Å²) in [4.78, 5) is 0. The minimum Gasteiger partial charge on any atom is -0.281 e. The third-order valence-corrected chi connectivity index (χ3v) is 3.80. The smallest absolute Gasteiger partial charge is 0.211 e. The molecule has 0 radical (unpaired) electrons. The van der Waals surface area contributed by atoms with Gasteiger partial charge in [-0.25, -0.2) is 8.42 Å². The number of H-pyrrole nitrogens is 1. The molecule has 2 rings (SSSR count). The van der Waals surface area contributed by atoms with E-state index in [9.17, 15) is 8.42 Å². The minimum absolute atomic E-state index is 0.0486. The van der Waals surface area contributed by atoms with E-state index in [1.54, 1.807) is 6.20 Å². The number of aromatic amines is 1. The largest absolute Gasteiger partial charge is 0.281 e. The van der Waals surface area contributed by atoms with Gasteiger partial charge in [-0.1, -0.05) is 0 Å². The number of hydrogen-bond acceptors (Lipinski definition) is 3. The van der Waals surface area contributed by atoms with Crippen molar-refractivity contribution in [2.75, 3.05) is 12.8 Å². The Labute approximate surface area is 83.2 Å². The molecule has 1 aliphatic rings. The molecule has 0 amide bonds. The van der Waals surface area contributed by atoms with Crippen LogP contribution < -0.4 is 0 Å². The van der Waals surface area contributed by atoms with Crippen molar-refractivity contribution in [1.29, 1.82) is 0 Å². The number of nitrogens with zero attached hydrogens (tertiary/aromatic N) is 2. The summed E-state index contributed by atoms with van der Waals surface area (Å²) < 4.78 is 24.4. The summed E-state index contributed by atoms with van der Waals surface area (Å²) in [5.74, 6) is 0. The predicted molar refractivity (Wildman–Crippen MR) is 52.1 cm³/mol. The molecule has 0 aliphatic carbocycles. The second kappa shape index (κ2) is 3.36. The topological polar surface area (TPSA) is 66.1 Å². The fraction of sp³-hybridized carbons (Fsp3) is 0.625. The van der Waals surface area contributed by atoms with Gasteiger partial charge in [0.2, 0.25) is 10.0 Å². The average molecular weight is 215 g/mol. The molecule has 1 aliphatic heterocycles. The van der Waals surface area contributed by atoms with Crippen LogP contribution in [0.4, 0.5) is 0 Å². The fourth-order valence-electron chi connectivity index (χ4n) is 1.90. The molecular formula is C8H13N3O2S. The second-order valence-electron chi connectivity index (χ2n) is 3.54. The first kappa shape index (κ1) is 9.67. The molecular weight excluding hydrogens is 202 g/mol. The Morgan fingerprint density at radius 3 is 3.00 bits per heavy atom. The van der Waals surface area contributed by atoms with Gasteiger partial charge in [0.15, 0.2) is 0 Å². The van der Waals surface area contributed by atoms with Crippen LogP contribution in [0.15, 0.2) is 12.3 Å². The molecule has 14 heavy (non-hydrogen) atoms. The van der Waals surface area contributed by atoms with Crippen LogP contribution in [0.25, 0.3) is 0 Å². The summed E-state index contributed by atoms with van der Waals surface area (Å²) in [6.45, 7) is 0.614. The average Bonchev–Trinajstić information content (AvgIpc) is 2.73. The monoisotopic (exact) mass is 215 g/mol. The lowest BCUT2D eigenvalue weighted by atomic mass is 10.2. The molecule has 0 bridgehead atoms. The summed E-state index contributed by atoms with van der Waals surface area (Å²) in [7, 11) is -3.09. The van der Waals surface area contributed by atoms with E-state index in [2.05, 4.69) is 10.2 Å². The van der Waals surface area contributed by atoms with Gasteiger partial charge in [-0.05, 0) is 18.9 Å². The standard InChI is InChI=1S/C8H13N3O2S/c1-14(12,13)11-6-2-3-8(11)7-4-5-9-10-7/h4-5,8H,2-3,6H2,1H3,(H,9,10)/t8-/m1/s1. The summed E-state index contributed by atoms with van der Waals surface area (Å²) in [5.41, 5.74) is 0.882. The van der Waals surface area contributed by atoms with E-state index in [4.69, 9.17) is 0 Å². The third kappa shape index (κ3) is 1.67. The van der Waals surface area contributed by atoms with E-state index in [-0.39, 0.29) is 6.04 Å². The molecule has 0 saturated carbocycles. The zero-order chi connectivity index (χ0) is 10.2. The molecule has 0 unspecified atom stereocenters. The number of hydrogen-bond donors (Lipinski definition) is 1. The molecule has 6 heteroatoms. The van der Waals surface area contributed by atoms with E-state index in [1.165, 1.54) is 10.6 Å². The predicted octanol–water partition coefficient (Wildman–Crippen LogP) is 0.506. The van der Waals surface area contributed by atoms with Crippen molar-refractivity contribution in [2.24, 2.45) is 0 Å². The van der Waals surface area contributed by atoms with Gasteiger partial charge in [0.05, 0.1) is 18.0 Å². The quantitative estimate of drug-likeness (QED) is 0.781. The maximum atomic E-state index is 11.4. The Bertz CT molecular complexity index is 398. The fourth-order valence-corrected chi connectivity index (χ4v) is 3.04. The van der Waals surface area contributed by atoms with Crippen molar-refractivity contribution < 1.29 is 8.42 Å². The van der Waals surface area contributed by atoms with E-state index >= 15 is 0 Å². The number of nitrogens with one attached hydrogen (secondary N) is 1. The summed E-state index contributed by atoms with van der Waals surface area (Å²) in [6.07, 6.45) is 4.68. The maximum absolute atomic E-state index is 11.4. The van der Waals surface area contributed by atoms with Crippen LogP contribution in [-0.4, -0.2) is 35.7 Å². The first-order chi connectivity index (χ1) is 6.59. The highest BCUT2D eigenvalue weighted by molar-refractivity contribution is 7.88. The maximum Gasteiger partial charge on any atom is 0.211 e. The number of aromatic nitrogens is 2. The van der Waals surface area contributed by atoms with Crippen LogP contribution >= 0.6 is 0 Å². The van der Waals surface area contributed by atoms with E-state index < -0.39 is 10.0 Å². The van der Waals surface area contributed by atoms with Gasteiger partial charge >= 0.3 is 0 Å². The first-order valence-corrected chi connectivity index (χ1v) is 6.40. The van der Waals surface area contributed by atoms with Crippen molar-refractivity contribution in [2.45, 2.75) is 18.9 Å². The Hall–Kier alpha value is -0.880. The summed E-state index contributed by atoms with van der Waals surface area (Å²) in [6, 6.07) is 1.78. The highest BCUT2D eigenvalue weighted by atomic mass is 32.2. The van der Waals surface area contributed by atoms with Crippen LogP contribution in [0, 0.1) is 0 Å². The molecule has 1 atom stereocenters. The van der Waals surface area contributed by atoms with Crippen molar-refractivity contribution >= 4 is 10.0 Å². The second-order valence-corrected chi connectivity index (χ2v) is 5.48. The van der Waals surface area contributed by atoms with Gasteiger partial charge in [0.1, 0.15) is 0 Å². The highest BCUT2D eigenvalue weighted by Gasteiger charge is 2.33. The number of sulfonamides is 1.